The van der Waals surface area contributed by atoms with Crippen LogP contribution in [0.25, 0.3) is 0 Å². The summed E-state index contributed by atoms with van der Waals surface area (Å²) in [6, 6.07) is 0. The van der Waals surface area contributed by atoms with E-state index in [1.54, 1.807) is 18.9 Å². The Bertz CT molecular complexity index is 462. The average Bonchev–Trinajstić information content (AvgIpc) is 2.30. The van der Waals surface area contributed by atoms with Gasteiger partial charge in [-0.3, -0.25) is 4.84 Å². The van der Waals surface area contributed by atoms with E-state index in [0.29, 0.717) is 12.8 Å². The van der Waals surface area contributed by atoms with Crippen molar-refractivity contribution in [3.63, 3.8) is 0 Å². The summed E-state index contributed by atoms with van der Waals surface area (Å²) in [5, 5.41) is 34.0. The second-order valence-corrected chi connectivity index (χ2v) is 8.68. The van der Waals surface area contributed by atoms with Gasteiger partial charge in [-0.25, -0.2) is 0 Å². The van der Waals surface area contributed by atoms with Crippen LogP contribution in [0.4, 0.5) is 0 Å². The number of rotatable bonds is 7. The lowest BCUT2D eigenvalue weighted by atomic mass is 9.69. The van der Waals surface area contributed by atoms with Gasteiger partial charge in [0.25, 0.3) is 0 Å². The topological polar surface area (TPSA) is 113 Å². The van der Waals surface area contributed by atoms with Gasteiger partial charge in [-0.2, -0.15) is 5.06 Å². The van der Waals surface area contributed by atoms with E-state index in [-0.39, 0.29) is 12.5 Å². The summed E-state index contributed by atoms with van der Waals surface area (Å²) in [5.74, 6) is -4.20. The third-order valence-electron chi connectivity index (χ3n) is 4.43. The monoisotopic (exact) mass is 343 g/mol. The molecule has 0 aromatic heterocycles. The summed E-state index contributed by atoms with van der Waals surface area (Å²) in [6.07, 6.45) is 0.326. The smallest absolute Gasteiger partial charge is 0.0967 e. The highest BCUT2D eigenvalue weighted by Crippen LogP contribution is 2.45. The summed E-state index contributed by atoms with van der Waals surface area (Å²) in [4.78, 5) is 28.1. The zero-order valence-corrected chi connectivity index (χ0v) is 15.4. The first-order chi connectivity index (χ1) is 10.7. The summed E-state index contributed by atoms with van der Waals surface area (Å²) < 4.78 is 0. The van der Waals surface area contributed by atoms with Gasteiger partial charge in [0.05, 0.1) is 12.2 Å². The molecule has 1 unspecified atom stereocenters. The maximum absolute atomic E-state index is 11.4. The Labute approximate surface area is 143 Å². The molecule has 0 radical (unpaired) electrons. The molecule has 1 heterocycles. The van der Waals surface area contributed by atoms with Crippen molar-refractivity contribution in [3.05, 3.63) is 0 Å². The number of carbonyl (C=O) groups is 2. The molecule has 24 heavy (non-hydrogen) atoms. The van der Waals surface area contributed by atoms with Crippen molar-refractivity contribution < 1.29 is 29.7 Å². The van der Waals surface area contributed by atoms with Gasteiger partial charge >= 0.3 is 0 Å². The minimum absolute atomic E-state index is 0.105. The van der Waals surface area contributed by atoms with E-state index >= 15 is 0 Å². The van der Waals surface area contributed by atoms with Crippen LogP contribution in [0.15, 0.2) is 0 Å². The van der Waals surface area contributed by atoms with Crippen LogP contribution in [-0.4, -0.2) is 45.4 Å². The minimum atomic E-state index is -1.39. The van der Waals surface area contributed by atoms with Crippen molar-refractivity contribution in [2.24, 2.45) is 11.8 Å². The molecule has 1 aliphatic rings. The molecule has 0 spiro atoms. The fourth-order valence-electron chi connectivity index (χ4n) is 3.82. The predicted molar refractivity (Wildman–Crippen MR) is 83.1 cm³/mol. The van der Waals surface area contributed by atoms with Crippen LogP contribution < -0.4 is 10.2 Å². The number of carboxylic acid groups (broad SMARTS) is 2. The van der Waals surface area contributed by atoms with Crippen molar-refractivity contribution in [2.45, 2.75) is 77.5 Å². The van der Waals surface area contributed by atoms with Crippen molar-refractivity contribution in [3.8, 4) is 0 Å². The molecule has 7 heteroatoms. The standard InChI is InChI=1S/C17H31NO6/c1-15(2)8-11(12(14(21)22)7-13(19)20)9-16(3,4)18(15)24-10-17(5,6)23/h11-12,23H,7-10H2,1-6H3,(H,19,20)(H,21,22)/p-2. The van der Waals surface area contributed by atoms with Crippen molar-refractivity contribution in [1.29, 1.82) is 0 Å². The highest BCUT2D eigenvalue weighted by atomic mass is 16.7. The maximum Gasteiger partial charge on any atom is 0.0967 e. The number of hydrogen-bond acceptors (Lipinski definition) is 7. The van der Waals surface area contributed by atoms with Gasteiger partial charge < -0.3 is 24.9 Å². The Balaban J connectivity index is 3.01. The van der Waals surface area contributed by atoms with Crippen LogP contribution in [0, 0.1) is 11.8 Å². The first kappa shape index (κ1) is 20.9. The number of aliphatic hydroxyl groups is 1. The minimum Gasteiger partial charge on any atom is -0.550 e. The van der Waals surface area contributed by atoms with E-state index in [1.807, 2.05) is 27.7 Å². The molecule has 140 valence electrons. The molecule has 0 aromatic carbocycles. The van der Waals surface area contributed by atoms with Crippen molar-refractivity contribution in [1.82, 2.24) is 5.06 Å². The van der Waals surface area contributed by atoms with Gasteiger partial charge in [0, 0.05) is 28.9 Å². The highest BCUT2D eigenvalue weighted by Gasteiger charge is 2.48. The highest BCUT2D eigenvalue weighted by molar-refractivity contribution is 5.75. The van der Waals surface area contributed by atoms with E-state index in [2.05, 4.69) is 0 Å². The second kappa shape index (κ2) is 6.98. The van der Waals surface area contributed by atoms with Gasteiger partial charge in [0.1, 0.15) is 0 Å². The fourth-order valence-corrected chi connectivity index (χ4v) is 3.82. The lowest BCUT2D eigenvalue weighted by molar-refractivity contribution is -0.329. The molecule has 0 saturated carbocycles. The number of carboxylic acids is 2. The Morgan fingerprint density at radius 3 is 2.00 bits per heavy atom. The Morgan fingerprint density at radius 1 is 1.21 bits per heavy atom. The normalized spacial score (nSPS) is 23.0. The van der Waals surface area contributed by atoms with E-state index in [4.69, 9.17) is 4.84 Å². The zero-order valence-electron chi connectivity index (χ0n) is 15.4. The third kappa shape index (κ3) is 5.43. The van der Waals surface area contributed by atoms with Crippen LogP contribution in [0.3, 0.4) is 0 Å². The number of hydroxylamine groups is 2. The van der Waals surface area contributed by atoms with E-state index in [1.165, 1.54) is 0 Å². The third-order valence-corrected chi connectivity index (χ3v) is 4.43. The zero-order chi connectivity index (χ0) is 18.9. The summed E-state index contributed by atoms with van der Waals surface area (Å²) in [5.41, 5.74) is -2.06. The lowest BCUT2D eigenvalue weighted by Gasteiger charge is -2.55. The van der Waals surface area contributed by atoms with Gasteiger partial charge in [-0.15, -0.1) is 0 Å². The number of hydrogen-bond donors (Lipinski definition) is 1. The van der Waals surface area contributed by atoms with Gasteiger partial charge in [0.2, 0.25) is 0 Å². The van der Waals surface area contributed by atoms with Crippen LogP contribution >= 0.6 is 0 Å². The lowest BCUT2D eigenvalue weighted by Crippen LogP contribution is -2.62. The molecule has 0 bridgehead atoms. The van der Waals surface area contributed by atoms with Crippen molar-refractivity contribution in [2.75, 3.05) is 6.61 Å². The van der Waals surface area contributed by atoms with Gasteiger partial charge in [-0.1, -0.05) is 0 Å². The average molecular weight is 343 g/mol. The quantitative estimate of drug-likeness (QED) is 0.661. The molecule has 1 atom stereocenters. The number of carbonyl (C=O) groups excluding carboxylic acids is 2. The van der Waals surface area contributed by atoms with E-state index < -0.39 is 41.0 Å². The molecule has 1 fully saturated rings. The van der Waals surface area contributed by atoms with Gasteiger partial charge in [-0.05, 0) is 66.7 Å². The van der Waals surface area contributed by atoms with Gasteiger partial charge in [0.15, 0.2) is 0 Å². The molecule has 1 N–H and O–H groups in total. The molecule has 0 amide bonds. The van der Waals surface area contributed by atoms with Crippen LogP contribution in [0.2, 0.25) is 0 Å². The van der Waals surface area contributed by atoms with Crippen molar-refractivity contribution >= 4 is 11.9 Å². The molecule has 1 rings (SSSR count). The first-order valence-corrected chi connectivity index (χ1v) is 8.22. The predicted octanol–water partition coefficient (Wildman–Crippen LogP) is -0.536. The Kier molecular flexibility index (Phi) is 6.07. The summed E-state index contributed by atoms with van der Waals surface area (Å²) >= 11 is 0. The summed E-state index contributed by atoms with van der Waals surface area (Å²) in [6.45, 7) is 11.0. The fraction of sp³-hybridized carbons (Fsp3) is 0.882. The van der Waals surface area contributed by atoms with Crippen LogP contribution in [0.1, 0.15) is 60.8 Å². The van der Waals surface area contributed by atoms with Crippen LogP contribution in [0.5, 0.6) is 0 Å². The summed E-state index contributed by atoms with van der Waals surface area (Å²) in [7, 11) is 0. The molecule has 0 aromatic rings. The Morgan fingerprint density at radius 2 is 1.67 bits per heavy atom. The maximum atomic E-state index is 11.4. The second-order valence-electron chi connectivity index (χ2n) is 8.68. The van der Waals surface area contributed by atoms with E-state index in [9.17, 15) is 24.9 Å². The molecular formula is C17H29NO6-2. The molecular weight excluding hydrogens is 314 g/mol. The van der Waals surface area contributed by atoms with E-state index in [0.717, 1.165) is 0 Å². The van der Waals surface area contributed by atoms with Crippen LogP contribution in [-0.2, 0) is 14.4 Å². The first-order valence-electron chi connectivity index (χ1n) is 8.22. The number of aliphatic carboxylic acids is 2. The largest absolute Gasteiger partial charge is 0.550 e. The number of piperidine rings is 1. The SMILES string of the molecule is CC(C)(O)CON1C(C)(C)CC(C(CC(=O)[O-])C(=O)[O-])CC1(C)C. The molecule has 1 saturated heterocycles. The number of nitrogens with zero attached hydrogens (tertiary/aromatic N) is 1. The molecule has 0 aliphatic carbocycles. The Hall–Kier alpha value is -1.18. The molecule has 7 nitrogen and oxygen atoms in total. The molecule has 1 aliphatic heterocycles.